The Kier molecular flexibility index (Phi) is 4.80. The fourth-order valence-electron chi connectivity index (χ4n) is 3.06. The van der Waals surface area contributed by atoms with E-state index >= 15 is 0 Å². The molecule has 1 aliphatic rings. The Bertz CT molecular complexity index is 742. The van der Waals surface area contributed by atoms with Crippen molar-refractivity contribution in [3.63, 3.8) is 0 Å². The van der Waals surface area contributed by atoms with Crippen LogP contribution >= 0.6 is 0 Å². The summed E-state index contributed by atoms with van der Waals surface area (Å²) in [6, 6.07) is 16.5. The van der Waals surface area contributed by atoms with Crippen molar-refractivity contribution in [1.82, 2.24) is 4.31 Å². The second-order valence-corrected chi connectivity index (χ2v) is 7.73. The largest absolute Gasteiger partial charge is 0.395 e. The summed E-state index contributed by atoms with van der Waals surface area (Å²) in [6.07, 6.45) is 2.53. The highest BCUT2D eigenvalue weighted by atomic mass is 32.2. The number of rotatable bonds is 4. The minimum absolute atomic E-state index is 0.124. The maximum Gasteiger partial charge on any atom is 0.243 e. The first kappa shape index (κ1) is 16.2. The third-order valence-electron chi connectivity index (χ3n) is 4.35. The van der Waals surface area contributed by atoms with Crippen molar-refractivity contribution in [3.8, 4) is 11.1 Å². The van der Waals surface area contributed by atoms with E-state index in [0.29, 0.717) is 6.54 Å². The van der Waals surface area contributed by atoms with E-state index in [1.54, 1.807) is 12.1 Å². The van der Waals surface area contributed by atoms with E-state index in [-0.39, 0.29) is 17.5 Å². The smallest absolute Gasteiger partial charge is 0.243 e. The van der Waals surface area contributed by atoms with Gasteiger partial charge < -0.3 is 5.11 Å². The first-order chi connectivity index (χ1) is 11.1. The first-order valence-electron chi connectivity index (χ1n) is 7.91. The van der Waals surface area contributed by atoms with Crippen LogP contribution in [-0.4, -0.2) is 37.0 Å². The average Bonchev–Trinajstić information content (AvgIpc) is 2.62. The van der Waals surface area contributed by atoms with Crippen LogP contribution in [0.15, 0.2) is 59.5 Å². The fourth-order valence-corrected chi connectivity index (χ4v) is 4.74. The third kappa shape index (κ3) is 3.32. The van der Waals surface area contributed by atoms with Crippen LogP contribution in [0.1, 0.15) is 19.3 Å². The summed E-state index contributed by atoms with van der Waals surface area (Å²) in [4.78, 5) is 0.289. The molecule has 1 atom stereocenters. The molecule has 0 aliphatic carbocycles. The molecule has 122 valence electrons. The molecule has 1 heterocycles. The summed E-state index contributed by atoms with van der Waals surface area (Å²) >= 11 is 0. The van der Waals surface area contributed by atoms with Crippen LogP contribution in [0.25, 0.3) is 11.1 Å². The van der Waals surface area contributed by atoms with Gasteiger partial charge in [0.15, 0.2) is 0 Å². The van der Waals surface area contributed by atoms with Gasteiger partial charge in [-0.15, -0.1) is 0 Å². The van der Waals surface area contributed by atoms with Gasteiger partial charge in [0.2, 0.25) is 10.0 Å². The Balaban J connectivity index is 1.88. The Morgan fingerprint density at radius 1 is 0.957 bits per heavy atom. The van der Waals surface area contributed by atoms with E-state index in [1.807, 2.05) is 42.5 Å². The molecule has 0 aromatic heterocycles. The molecule has 1 unspecified atom stereocenters. The molecule has 3 rings (SSSR count). The first-order valence-corrected chi connectivity index (χ1v) is 9.35. The molecular formula is C18H21NO3S. The highest BCUT2D eigenvalue weighted by molar-refractivity contribution is 7.89. The van der Waals surface area contributed by atoms with Crippen molar-refractivity contribution < 1.29 is 13.5 Å². The number of piperidine rings is 1. The summed E-state index contributed by atoms with van der Waals surface area (Å²) in [5.74, 6) is 0. The molecule has 5 heteroatoms. The van der Waals surface area contributed by atoms with Gasteiger partial charge in [0.05, 0.1) is 11.5 Å². The van der Waals surface area contributed by atoms with Gasteiger partial charge >= 0.3 is 0 Å². The second kappa shape index (κ2) is 6.83. The molecule has 0 saturated carbocycles. The lowest BCUT2D eigenvalue weighted by molar-refractivity contribution is 0.155. The molecule has 1 aliphatic heterocycles. The predicted octanol–water partition coefficient (Wildman–Crippen LogP) is 2.89. The summed E-state index contributed by atoms with van der Waals surface area (Å²) < 4.78 is 27.1. The highest BCUT2D eigenvalue weighted by Crippen LogP contribution is 2.27. The second-order valence-electron chi connectivity index (χ2n) is 5.84. The standard InChI is InChI=1S/C18H21NO3S/c20-14-17-8-4-5-13-19(17)23(21,22)18-11-9-16(10-12-18)15-6-2-1-3-7-15/h1-3,6-7,9-12,17,20H,4-5,8,13-14H2. The van der Waals surface area contributed by atoms with Crippen LogP contribution in [0, 0.1) is 0 Å². The molecule has 0 bridgehead atoms. The normalized spacial score (nSPS) is 19.6. The Hall–Kier alpha value is -1.69. The highest BCUT2D eigenvalue weighted by Gasteiger charge is 2.32. The average molecular weight is 331 g/mol. The van der Waals surface area contributed by atoms with Gasteiger partial charge in [0, 0.05) is 12.6 Å². The summed E-state index contributed by atoms with van der Waals surface area (Å²) in [7, 11) is -3.55. The molecule has 2 aromatic carbocycles. The molecule has 0 spiro atoms. The molecular weight excluding hydrogens is 310 g/mol. The van der Waals surface area contributed by atoms with Crippen LogP contribution < -0.4 is 0 Å². The van der Waals surface area contributed by atoms with E-state index in [4.69, 9.17) is 0 Å². The quantitative estimate of drug-likeness (QED) is 0.937. The maximum atomic E-state index is 12.8. The zero-order valence-corrected chi connectivity index (χ0v) is 13.7. The van der Waals surface area contributed by atoms with Crippen molar-refractivity contribution in [3.05, 3.63) is 54.6 Å². The van der Waals surface area contributed by atoms with Crippen LogP contribution in [0.3, 0.4) is 0 Å². The van der Waals surface area contributed by atoms with Crippen LogP contribution in [-0.2, 0) is 10.0 Å². The number of sulfonamides is 1. The van der Waals surface area contributed by atoms with Crippen molar-refractivity contribution in [2.24, 2.45) is 0 Å². The van der Waals surface area contributed by atoms with Crippen molar-refractivity contribution in [2.45, 2.75) is 30.2 Å². The van der Waals surface area contributed by atoms with Crippen LogP contribution in [0.2, 0.25) is 0 Å². The minimum atomic E-state index is -3.55. The van der Waals surface area contributed by atoms with Crippen molar-refractivity contribution in [2.75, 3.05) is 13.2 Å². The van der Waals surface area contributed by atoms with Gasteiger partial charge in [-0.2, -0.15) is 4.31 Å². The number of aliphatic hydroxyl groups is 1. The molecule has 1 N–H and O–H groups in total. The molecule has 0 amide bonds. The van der Waals surface area contributed by atoms with E-state index in [1.165, 1.54) is 4.31 Å². The molecule has 4 nitrogen and oxygen atoms in total. The van der Waals surface area contributed by atoms with Crippen LogP contribution in [0.4, 0.5) is 0 Å². The lowest BCUT2D eigenvalue weighted by Crippen LogP contribution is -2.45. The Morgan fingerprint density at radius 3 is 2.26 bits per heavy atom. The Labute approximate surface area is 137 Å². The van der Waals surface area contributed by atoms with Crippen molar-refractivity contribution >= 4 is 10.0 Å². The van der Waals surface area contributed by atoms with Gasteiger partial charge in [0.25, 0.3) is 0 Å². The number of nitrogens with zero attached hydrogens (tertiary/aromatic N) is 1. The third-order valence-corrected chi connectivity index (χ3v) is 6.32. The van der Waals surface area contributed by atoms with E-state index in [9.17, 15) is 13.5 Å². The van der Waals surface area contributed by atoms with E-state index in [0.717, 1.165) is 30.4 Å². The number of aliphatic hydroxyl groups excluding tert-OH is 1. The number of hydrogen-bond acceptors (Lipinski definition) is 3. The SMILES string of the molecule is O=S(=O)(c1ccc(-c2ccccc2)cc1)N1CCCCC1CO. The summed E-state index contributed by atoms with van der Waals surface area (Å²) in [6.45, 7) is 0.356. The lowest BCUT2D eigenvalue weighted by atomic mass is 10.1. The number of benzene rings is 2. The molecule has 1 saturated heterocycles. The Morgan fingerprint density at radius 2 is 1.61 bits per heavy atom. The van der Waals surface area contributed by atoms with Gasteiger partial charge in [-0.25, -0.2) is 8.42 Å². The van der Waals surface area contributed by atoms with Gasteiger partial charge in [-0.1, -0.05) is 48.9 Å². The molecule has 23 heavy (non-hydrogen) atoms. The van der Waals surface area contributed by atoms with Gasteiger partial charge in [0.1, 0.15) is 0 Å². The minimum Gasteiger partial charge on any atom is -0.395 e. The lowest BCUT2D eigenvalue weighted by Gasteiger charge is -2.33. The molecule has 1 fully saturated rings. The summed E-state index contributed by atoms with van der Waals surface area (Å²) in [5, 5.41) is 9.46. The maximum absolute atomic E-state index is 12.8. The molecule has 2 aromatic rings. The monoisotopic (exact) mass is 331 g/mol. The topological polar surface area (TPSA) is 57.6 Å². The van der Waals surface area contributed by atoms with E-state index in [2.05, 4.69) is 0 Å². The van der Waals surface area contributed by atoms with Crippen LogP contribution in [0.5, 0.6) is 0 Å². The molecule has 0 radical (unpaired) electrons. The number of hydrogen-bond donors (Lipinski definition) is 1. The van der Waals surface area contributed by atoms with Gasteiger partial charge in [-0.05, 0) is 36.1 Å². The zero-order valence-electron chi connectivity index (χ0n) is 12.9. The van der Waals surface area contributed by atoms with E-state index < -0.39 is 10.0 Å². The fraction of sp³-hybridized carbons (Fsp3) is 0.333. The van der Waals surface area contributed by atoms with Crippen molar-refractivity contribution in [1.29, 1.82) is 0 Å². The summed E-state index contributed by atoms with van der Waals surface area (Å²) in [5.41, 5.74) is 2.05. The zero-order chi connectivity index (χ0) is 16.3. The van der Waals surface area contributed by atoms with Gasteiger partial charge in [-0.3, -0.25) is 0 Å². The predicted molar refractivity (Wildman–Crippen MR) is 90.5 cm³/mol.